The Kier molecular flexibility index (Phi) is 9.47. The molecule has 1 aromatic rings. The third-order valence-electron chi connectivity index (χ3n) is 7.04. The quantitative estimate of drug-likeness (QED) is 0.492. The Morgan fingerprint density at radius 3 is 2.60 bits per heavy atom. The van der Waals surface area contributed by atoms with Gasteiger partial charge in [0.15, 0.2) is 0 Å². The summed E-state index contributed by atoms with van der Waals surface area (Å²) in [4.78, 5) is 17.3. The third kappa shape index (κ3) is 6.11. The average Bonchev–Trinajstić information content (AvgIpc) is 3.28. The van der Waals surface area contributed by atoms with Gasteiger partial charge < -0.3 is 15.1 Å². The van der Waals surface area contributed by atoms with Gasteiger partial charge in [-0.05, 0) is 74.7 Å². The Labute approximate surface area is 210 Å². The second-order valence-corrected chi connectivity index (χ2v) is 9.18. The van der Waals surface area contributed by atoms with E-state index in [4.69, 9.17) is 0 Å². The first kappa shape index (κ1) is 26.9. The highest BCUT2D eigenvalue weighted by atomic mass is 19.1. The lowest BCUT2D eigenvalue weighted by Gasteiger charge is -2.34. The lowest BCUT2D eigenvalue weighted by molar-refractivity contribution is 0.179. The minimum Gasteiger partial charge on any atom is -0.326 e. The molecule has 6 heteroatoms. The molecule has 0 spiro atoms. The van der Waals surface area contributed by atoms with Gasteiger partial charge in [0.25, 0.3) is 5.56 Å². The fourth-order valence-electron chi connectivity index (χ4n) is 4.93. The first-order valence-electron chi connectivity index (χ1n) is 13.0. The van der Waals surface area contributed by atoms with Crippen LogP contribution in [0.5, 0.6) is 0 Å². The van der Waals surface area contributed by atoms with Crippen molar-refractivity contribution in [2.75, 3.05) is 37.6 Å². The van der Waals surface area contributed by atoms with Crippen molar-refractivity contribution in [3.63, 3.8) is 0 Å². The van der Waals surface area contributed by atoms with Crippen LogP contribution in [0.25, 0.3) is 6.08 Å². The fraction of sp³-hybridized carbons (Fsp3) is 0.483. The molecular formula is C29H41FN4O. The SMILES string of the molecule is C=C(CC)/C(F)=C\C(=C/C)CNC1CCN(CC2CN3C(=C)C=Cc4ccc(=O)n2c43)CC1.CC. The topological polar surface area (TPSA) is 40.5 Å². The zero-order valence-electron chi connectivity index (χ0n) is 21.8. The molecular weight excluding hydrogens is 439 g/mol. The molecule has 0 radical (unpaired) electrons. The van der Waals surface area contributed by atoms with Crippen LogP contribution < -0.4 is 15.8 Å². The molecule has 3 aliphatic rings. The van der Waals surface area contributed by atoms with Gasteiger partial charge in [-0.25, -0.2) is 4.39 Å². The van der Waals surface area contributed by atoms with Crippen molar-refractivity contribution in [2.45, 2.75) is 59.0 Å². The summed E-state index contributed by atoms with van der Waals surface area (Å²) in [6.07, 6.45) is 10.3. The molecule has 0 amide bonds. The molecule has 1 unspecified atom stereocenters. The summed E-state index contributed by atoms with van der Waals surface area (Å²) in [5.74, 6) is 0.759. The summed E-state index contributed by atoms with van der Waals surface area (Å²) in [6, 6.07) is 4.12. The Balaban J connectivity index is 0.00000167. The minimum absolute atomic E-state index is 0.0610. The van der Waals surface area contributed by atoms with Crippen molar-refractivity contribution >= 4 is 11.9 Å². The van der Waals surface area contributed by atoms with Crippen LogP contribution in [0.1, 0.15) is 58.6 Å². The van der Waals surface area contributed by atoms with Gasteiger partial charge in [0, 0.05) is 43.0 Å². The van der Waals surface area contributed by atoms with Gasteiger partial charge in [-0.15, -0.1) is 0 Å². The zero-order valence-corrected chi connectivity index (χ0v) is 21.8. The molecule has 4 rings (SSSR count). The summed E-state index contributed by atoms with van der Waals surface area (Å²) in [5, 5.41) is 3.59. The van der Waals surface area contributed by atoms with Crippen LogP contribution in [0, 0.1) is 0 Å². The maximum absolute atomic E-state index is 14.1. The van der Waals surface area contributed by atoms with Crippen LogP contribution in [-0.2, 0) is 0 Å². The second kappa shape index (κ2) is 12.3. The molecule has 1 saturated heterocycles. The standard InChI is InChI=1S/C27H35FN4O.C2H6/c1-5-19(3)25(28)15-21(6-2)16-29-23-11-13-30(14-12-23)17-24-18-31-20(4)7-8-22-9-10-26(33)32(24)27(22)31;1-2/h6-10,15,23-24,29H,3-5,11-14,16-18H2,1-2H3;1-2H3/b21-6+,25-15+;. The maximum Gasteiger partial charge on any atom is 0.252 e. The van der Waals surface area contributed by atoms with Gasteiger partial charge in [0.1, 0.15) is 11.6 Å². The molecule has 4 heterocycles. The smallest absolute Gasteiger partial charge is 0.252 e. The number of allylic oxidation sites excluding steroid dienone is 4. The third-order valence-corrected chi connectivity index (χ3v) is 7.04. The van der Waals surface area contributed by atoms with Crippen molar-refractivity contribution in [2.24, 2.45) is 0 Å². The summed E-state index contributed by atoms with van der Waals surface area (Å²) in [7, 11) is 0. The van der Waals surface area contributed by atoms with Crippen LogP contribution in [0.4, 0.5) is 10.2 Å². The highest BCUT2D eigenvalue weighted by molar-refractivity contribution is 5.75. The van der Waals surface area contributed by atoms with Crippen molar-refractivity contribution in [1.82, 2.24) is 14.8 Å². The predicted octanol–water partition coefficient (Wildman–Crippen LogP) is 5.60. The molecule has 1 atom stereocenters. The van der Waals surface area contributed by atoms with Crippen molar-refractivity contribution in [3.8, 4) is 0 Å². The summed E-state index contributed by atoms with van der Waals surface area (Å²) in [6.45, 7) is 20.1. The van der Waals surface area contributed by atoms with Crippen molar-refractivity contribution in [3.05, 3.63) is 82.1 Å². The number of pyridine rings is 1. The summed E-state index contributed by atoms with van der Waals surface area (Å²) >= 11 is 0. The maximum atomic E-state index is 14.1. The Hall–Kier alpha value is -2.70. The monoisotopic (exact) mass is 480 g/mol. The zero-order chi connectivity index (χ0) is 25.5. The number of anilines is 1. The number of nitrogens with zero attached hydrogens (tertiary/aromatic N) is 3. The predicted molar refractivity (Wildman–Crippen MR) is 146 cm³/mol. The van der Waals surface area contributed by atoms with E-state index in [1.807, 2.05) is 56.6 Å². The molecule has 0 saturated carbocycles. The first-order chi connectivity index (χ1) is 16.9. The number of nitrogens with one attached hydrogen (secondary N) is 1. The van der Waals surface area contributed by atoms with Gasteiger partial charge in [0.2, 0.25) is 0 Å². The molecule has 0 bridgehead atoms. The average molecular weight is 481 g/mol. The number of hydrogen-bond acceptors (Lipinski definition) is 4. The van der Waals surface area contributed by atoms with E-state index in [0.29, 0.717) is 24.6 Å². The van der Waals surface area contributed by atoms with Gasteiger partial charge in [-0.1, -0.05) is 40.0 Å². The lowest BCUT2D eigenvalue weighted by Crippen LogP contribution is -2.45. The van der Waals surface area contributed by atoms with Crippen LogP contribution in [0.3, 0.4) is 0 Å². The number of rotatable bonds is 8. The van der Waals surface area contributed by atoms with Gasteiger partial charge in [-0.2, -0.15) is 0 Å². The fourth-order valence-corrected chi connectivity index (χ4v) is 4.93. The summed E-state index contributed by atoms with van der Waals surface area (Å²) < 4.78 is 16.1. The number of piperidine rings is 1. The van der Waals surface area contributed by atoms with Gasteiger partial charge >= 0.3 is 0 Å². The number of likely N-dealkylation sites (tertiary alicyclic amines) is 1. The first-order valence-corrected chi connectivity index (χ1v) is 13.0. The largest absolute Gasteiger partial charge is 0.326 e. The van der Waals surface area contributed by atoms with Crippen molar-refractivity contribution < 1.29 is 4.39 Å². The molecule has 1 fully saturated rings. The molecule has 0 aromatic carbocycles. The summed E-state index contributed by atoms with van der Waals surface area (Å²) in [5.41, 5.74) is 3.57. The van der Waals surface area contributed by atoms with E-state index in [1.165, 1.54) is 0 Å². The van der Waals surface area contributed by atoms with Crippen LogP contribution in [-0.4, -0.2) is 48.2 Å². The molecule has 0 aliphatic carbocycles. The Bertz CT molecular complexity index is 1070. The van der Waals surface area contributed by atoms with E-state index in [0.717, 1.165) is 61.7 Å². The van der Waals surface area contributed by atoms with E-state index in [-0.39, 0.29) is 17.4 Å². The van der Waals surface area contributed by atoms with Crippen LogP contribution >= 0.6 is 0 Å². The molecule has 190 valence electrons. The van der Waals surface area contributed by atoms with Gasteiger partial charge in [0.05, 0.1) is 6.04 Å². The molecule has 1 N–H and O–H groups in total. The van der Waals surface area contributed by atoms with Crippen LogP contribution in [0.15, 0.2) is 71.0 Å². The highest BCUT2D eigenvalue weighted by Crippen LogP contribution is 2.37. The van der Waals surface area contributed by atoms with Crippen molar-refractivity contribution in [1.29, 1.82) is 0 Å². The highest BCUT2D eigenvalue weighted by Gasteiger charge is 2.35. The Morgan fingerprint density at radius 1 is 1.23 bits per heavy atom. The van der Waals surface area contributed by atoms with E-state index < -0.39 is 0 Å². The second-order valence-electron chi connectivity index (χ2n) is 9.18. The van der Waals surface area contributed by atoms with E-state index in [1.54, 1.807) is 12.1 Å². The van der Waals surface area contributed by atoms with Crippen LogP contribution in [0.2, 0.25) is 0 Å². The molecule has 35 heavy (non-hydrogen) atoms. The van der Waals surface area contributed by atoms with E-state index >= 15 is 0 Å². The minimum atomic E-state index is -0.228. The lowest BCUT2D eigenvalue weighted by atomic mass is 10.0. The molecule has 3 aliphatic heterocycles. The van der Waals surface area contributed by atoms with E-state index in [9.17, 15) is 9.18 Å². The van der Waals surface area contributed by atoms with E-state index in [2.05, 4.69) is 28.3 Å². The molecule has 1 aromatic heterocycles. The molecule has 5 nitrogen and oxygen atoms in total. The number of halogens is 1. The van der Waals surface area contributed by atoms with Gasteiger partial charge in [-0.3, -0.25) is 9.36 Å². The normalized spacial score (nSPS) is 20.5. The number of aromatic nitrogens is 1. The number of hydrogen-bond donors (Lipinski definition) is 1. The Morgan fingerprint density at radius 2 is 1.94 bits per heavy atom.